The van der Waals surface area contributed by atoms with E-state index in [2.05, 4.69) is 17.2 Å². The van der Waals surface area contributed by atoms with Gasteiger partial charge in [0.2, 0.25) is 0 Å². The molecule has 2 atom stereocenters. The number of aromatic nitrogens is 1. The number of hydrogen-bond acceptors (Lipinski definition) is 3. The van der Waals surface area contributed by atoms with Gasteiger partial charge in [-0.25, -0.2) is 4.98 Å². The summed E-state index contributed by atoms with van der Waals surface area (Å²) in [5, 5.41) is 4.88. The minimum absolute atomic E-state index is 0.119. The van der Waals surface area contributed by atoms with Crippen molar-refractivity contribution in [1.82, 2.24) is 10.3 Å². The Morgan fingerprint density at radius 3 is 3.05 bits per heavy atom. The van der Waals surface area contributed by atoms with E-state index in [0.29, 0.717) is 23.5 Å². The summed E-state index contributed by atoms with van der Waals surface area (Å²) >= 11 is 0. The zero-order chi connectivity index (χ0) is 14.1. The molecule has 3 rings (SSSR count). The van der Waals surface area contributed by atoms with Gasteiger partial charge in [-0.3, -0.25) is 4.79 Å². The Morgan fingerprint density at radius 2 is 2.25 bits per heavy atom. The first-order valence-electron chi connectivity index (χ1n) is 7.15. The van der Waals surface area contributed by atoms with Crippen LogP contribution in [0.2, 0.25) is 0 Å². The molecular formula is C16H19N3O. The number of anilines is 1. The largest absolute Gasteiger partial charge is 0.383 e. The summed E-state index contributed by atoms with van der Waals surface area (Å²) in [5.74, 6) is 0.932. The molecule has 3 N–H and O–H groups in total. The summed E-state index contributed by atoms with van der Waals surface area (Å²) in [6.07, 6.45) is 3.43. The standard InChI is InChI=1S/C16H19N3O/c1-2-5-11-9-13(11)19-16(20)14-8-10-6-3-4-7-12(10)15(17)18-14/h3-4,6-8,11,13H,2,5,9H2,1H3,(H2,17,18)(H,19,20). The van der Waals surface area contributed by atoms with Crippen molar-refractivity contribution in [3.05, 3.63) is 36.0 Å². The topological polar surface area (TPSA) is 68.0 Å². The molecule has 1 heterocycles. The molecule has 20 heavy (non-hydrogen) atoms. The minimum Gasteiger partial charge on any atom is -0.383 e. The number of nitrogens with one attached hydrogen (secondary N) is 1. The molecule has 0 spiro atoms. The number of rotatable bonds is 4. The van der Waals surface area contributed by atoms with Crippen LogP contribution in [-0.2, 0) is 0 Å². The molecule has 2 unspecified atom stereocenters. The molecular weight excluding hydrogens is 250 g/mol. The number of carbonyl (C=O) groups excluding carboxylic acids is 1. The van der Waals surface area contributed by atoms with Crippen LogP contribution in [0.4, 0.5) is 5.82 Å². The number of benzene rings is 1. The van der Waals surface area contributed by atoms with Crippen molar-refractivity contribution in [3.8, 4) is 0 Å². The maximum absolute atomic E-state index is 12.2. The highest BCUT2D eigenvalue weighted by Gasteiger charge is 2.37. The number of hydrogen-bond donors (Lipinski definition) is 2. The predicted octanol–water partition coefficient (Wildman–Crippen LogP) is 2.74. The summed E-state index contributed by atoms with van der Waals surface area (Å²) in [7, 11) is 0. The van der Waals surface area contributed by atoms with Crippen LogP contribution in [-0.4, -0.2) is 16.9 Å². The number of nitrogen functional groups attached to an aromatic ring is 1. The molecule has 1 aliphatic carbocycles. The van der Waals surface area contributed by atoms with Crippen molar-refractivity contribution in [2.24, 2.45) is 5.92 Å². The summed E-state index contributed by atoms with van der Waals surface area (Å²) in [6.45, 7) is 2.17. The predicted molar refractivity (Wildman–Crippen MR) is 80.4 cm³/mol. The van der Waals surface area contributed by atoms with Crippen molar-refractivity contribution in [2.75, 3.05) is 5.73 Å². The van der Waals surface area contributed by atoms with E-state index >= 15 is 0 Å². The quantitative estimate of drug-likeness (QED) is 0.896. The van der Waals surface area contributed by atoms with Crippen LogP contribution in [0.15, 0.2) is 30.3 Å². The third-order valence-electron chi connectivity index (χ3n) is 3.90. The fourth-order valence-electron chi connectivity index (χ4n) is 2.70. The number of carbonyl (C=O) groups is 1. The third kappa shape index (κ3) is 2.46. The average Bonchev–Trinajstić information content (AvgIpc) is 3.17. The molecule has 1 saturated carbocycles. The van der Waals surface area contributed by atoms with Crippen LogP contribution < -0.4 is 11.1 Å². The molecule has 1 aromatic heterocycles. The van der Waals surface area contributed by atoms with Gasteiger partial charge >= 0.3 is 0 Å². The molecule has 0 aliphatic heterocycles. The number of amides is 1. The van der Waals surface area contributed by atoms with Crippen LogP contribution in [0, 0.1) is 5.92 Å². The van der Waals surface area contributed by atoms with Crippen LogP contribution >= 0.6 is 0 Å². The van der Waals surface area contributed by atoms with E-state index in [1.807, 2.05) is 24.3 Å². The second-order valence-electron chi connectivity index (χ2n) is 5.48. The van der Waals surface area contributed by atoms with Crippen molar-refractivity contribution < 1.29 is 4.79 Å². The first-order chi connectivity index (χ1) is 9.69. The maximum atomic E-state index is 12.2. The van der Waals surface area contributed by atoms with E-state index in [9.17, 15) is 4.79 Å². The van der Waals surface area contributed by atoms with Crippen LogP contribution in [0.1, 0.15) is 36.7 Å². The highest BCUT2D eigenvalue weighted by Crippen LogP contribution is 2.34. The summed E-state index contributed by atoms with van der Waals surface area (Å²) < 4.78 is 0. The molecule has 104 valence electrons. The van der Waals surface area contributed by atoms with Crippen molar-refractivity contribution in [1.29, 1.82) is 0 Å². The van der Waals surface area contributed by atoms with E-state index in [4.69, 9.17) is 5.73 Å². The van der Waals surface area contributed by atoms with Gasteiger partial charge in [0.1, 0.15) is 11.5 Å². The molecule has 1 aliphatic rings. The van der Waals surface area contributed by atoms with Gasteiger partial charge in [-0.2, -0.15) is 0 Å². The number of pyridine rings is 1. The van der Waals surface area contributed by atoms with Gasteiger partial charge in [0, 0.05) is 11.4 Å². The maximum Gasteiger partial charge on any atom is 0.270 e. The van der Waals surface area contributed by atoms with Gasteiger partial charge in [0.15, 0.2) is 0 Å². The summed E-state index contributed by atoms with van der Waals surface area (Å²) in [4.78, 5) is 16.4. The first-order valence-corrected chi connectivity index (χ1v) is 7.15. The average molecular weight is 269 g/mol. The third-order valence-corrected chi connectivity index (χ3v) is 3.90. The molecule has 0 radical (unpaired) electrons. The van der Waals surface area contributed by atoms with Gasteiger partial charge in [-0.1, -0.05) is 37.6 Å². The van der Waals surface area contributed by atoms with Crippen molar-refractivity contribution >= 4 is 22.5 Å². The molecule has 0 bridgehead atoms. The Morgan fingerprint density at radius 1 is 1.45 bits per heavy atom. The molecule has 4 nitrogen and oxygen atoms in total. The van der Waals surface area contributed by atoms with E-state index in [-0.39, 0.29) is 5.91 Å². The fourth-order valence-corrected chi connectivity index (χ4v) is 2.70. The zero-order valence-corrected chi connectivity index (χ0v) is 11.6. The zero-order valence-electron chi connectivity index (χ0n) is 11.6. The molecule has 1 amide bonds. The Kier molecular flexibility index (Phi) is 3.30. The molecule has 1 fully saturated rings. The Bertz CT molecular complexity index is 653. The number of nitrogens with two attached hydrogens (primary N) is 1. The number of fused-ring (bicyclic) bond motifs is 1. The Labute approximate surface area is 118 Å². The Hall–Kier alpha value is -2.10. The van der Waals surface area contributed by atoms with E-state index in [0.717, 1.165) is 23.6 Å². The minimum atomic E-state index is -0.119. The number of nitrogens with zero attached hydrogens (tertiary/aromatic N) is 1. The molecule has 1 aromatic carbocycles. The lowest BCUT2D eigenvalue weighted by molar-refractivity contribution is 0.0944. The van der Waals surface area contributed by atoms with Crippen LogP contribution in [0.3, 0.4) is 0 Å². The van der Waals surface area contributed by atoms with E-state index < -0.39 is 0 Å². The van der Waals surface area contributed by atoms with E-state index in [1.54, 1.807) is 6.07 Å². The molecule has 0 saturated heterocycles. The lowest BCUT2D eigenvalue weighted by Crippen LogP contribution is -2.27. The van der Waals surface area contributed by atoms with Crippen LogP contribution in [0.5, 0.6) is 0 Å². The molecule has 2 aromatic rings. The van der Waals surface area contributed by atoms with Gasteiger partial charge in [-0.05, 0) is 30.2 Å². The summed E-state index contributed by atoms with van der Waals surface area (Å²) in [6, 6.07) is 9.83. The second kappa shape index (κ2) is 5.12. The van der Waals surface area contributed by atoms with E-state index in [1.165, 1.54) is 6.42 Å². The van der Waals surface area contributed by atoms with Gasteiger partial charge < -0.3 is 11.1 Å². The molecule has 4 heteroatoms. The smallest absolute Gasteiger partial charge is 0.270 e. The second-order valence-corrected chi connectivity index (χ2v) is 5.48. The summed E-state index contributed by atoms with van der Waals surface area (Å²) in [5.41, 5.74) is 6.33. The fraction of sp³-hybridized carbons (Fsp3) is 0.375. The van der Waals surface area contributed by atoms with Gasteiger partial charge in [0.25, 0.3) is 5.91 Å². The van der Waals surface area contributed by atoms with Crippen LogP contribution in [0.25, 0.3) is 10.8 Å². The normalized spacial score (nSPS) is 20.9. The van der Waals surface area contributed by atoms with Crippen molar-refractivity contribution in [2.45, 2.75) is 32.2 Å². The van der Waals surface area contributed by atoms with Crippen molar-refractivity contribution in [3.63, 3.8) is 0 Å². The highest BCUT2D eigenvalue weighted by atomic mass is 16.2. The first kappa shape index (κ1) is 12.9. The van der Waals surface area contributed by atoms with Gasteiger partial charge in [-0.15, -0.1) is 0 Å². The lowest BCUT2D eigenvalue weighted by Gasteiger charge is -2.07. The highest BCUT2D eigenvalue weighted by molar-refractivity contribution is 6.00. The SMILES string of the molecule is CCCC1CC1NC(=O)c1cc2ccccc2c(N)n1. The van der Waals surface area contributed by atoms with Gasteiger partial charge in [0.05, 0.1) is 0 Å². The Balaban J connectivity index is 1.78. The lowest BCUT2D eigenvalue weighted by atomic mass is 10.1. The monoisotopic (exact) mass is 269 g/mol.